The molecule has 0 radical (unpaired) electrons. The normalized spacial score (nSPS) is 11.1. The number of thiazole rings is 1. The van der Waals surface area contributed by atoms with Crippen molar-refractivity contribution in [3.05, 3.63) is 45.6 Å². The van der Waals surface area contributed by atoms with Gasteiger partial charge in [0.2, 0.25) is 0 Å². The Morgan fingerprint density at radius 3 is 2.72 bits per heavy atom. The van der Waals surface area contributed by atoms with E-state index in [1.54, 1.807) is 11.3 Å². The second-order valence-electron chi connectivity index (χ2n) is 4.04. The molecule has 0 spiro atoms. The molecular formula is C13H9Br2N2S+. The summed E-state index contributed by atoms with van der Waals surface area (Å²) in [6.45, 7) is 0. The van der Waals surface area contributed by atoms with Crippen LogP contribution in [0.4, 0.5) is 0 Å². The zero-order valence-electron chi connectivity index (χ0n) is 9.52. The fourth-order valence-electron chi connectivity index (χ4n) is 1.81. The predicted octanol–water partition coefficient (Wildman–Crippen LogP) is 4.31. The Kier molecular flexibility index (Phi) is 3.21. The highest BCUT2D eigenvalue weighted by Crippen LogP contribution is 2.32. The molecule has 90 valence electrons. The van der Waals surface area contributed by atoms with Crippen molar-refractivity contribution in [1.29, 1.82) is 0 Å². The average Bonchev–Trinajstić information content (AvgIpc) is 2.70. The van der Waals surface area contributed by atoms with Crippen molar-refractivity contribution in [2.75, 3.05) is 0 Å². The van der Waals surface area contributed by atoms with Crippen LogP contribution < -0.4 is 4.57 Å². The van der Waals surface area contributed by atoms with Crippen molar-refractivity contribution in [1.82, 2.24) is 4.98 Å². The highest BCUT2D eigenvalue weighted by Gasteiger charge is 2.10. The number of rotatable bonds is 1. The van der Waals surface area contributed by atoms with Crippen LogP contribution in [0.25, 0.3) is 20.8 Å². The molecule has 0 atom stereocenters. The fourth-order valence-corrected chi connectivity index (χ4v) is 3.88. The highest BCUT2D eigenvalue weighted by atomic mass is 79.9. The predicted molar refractivity (Wildman–Crippen MR) is 81.6 cm³/mol. The standard InChI is InChI=1S/C13H9Br2N2S/c1-17-6-8(4-10(15)7-17)13-16-11-3-2-9(14)5-12(11)18-13/h2-7H,1H3/q+1. The molecule has 3 aromatic rings. The number of pyridine rings is 1. The summed E-state index contributed by atoms with van der Waals surface area (Å²) in [6.07, 6.45) is 4.10. The van der Waals surface area contributed by atoms with Gasteiger partial charge in [-0.3, -0.25) is 0 Å². The smallest absolute Gasteiger partial charge is 0.182 e. The molecule has 0 saturated carbocycles. The van der Waals surface area contributed by atoms with E-state index in [1.807, 2.05) is 29.9 Å². The summed E-state index contributed by atoms with van der Waals surface area (Å²) in [5, 5.41) is 1.04. The molecule has 0 aliphatic heterocycles. The van der Waals surface area contributed by atoms with Gasteiger partial charge in [-0.2, -0.15) is 0 Å². The van der Waals surface area contributed by atoms with E-state index in [0.717, 1.165) is 25.0 Å². The average molecular weight is 385 g/mol. The van der Waals surface area contributed by atoms with Crippen molar-refractivity contribution in [2.24, 2.45) is 7.05 Å². The number of nitrogens with zero attached hydrogens (tertiary/aromatic N) is 2. The molecule has 0 aliphatic rings. The SMILES string of the molecule is C[n+]1cc(Br)cc(-c2nc3ccc(Br)cc3s2)c1. The number of aromatic nitrogens is 2. The number of aryl methyl sites for hydroxylation is 1. The van der Waals surface area contributed by atoms with Crippen molar-refractivity contribution in [2.45, 2.75) is 0 Å². The second kappa shape index (κ2) is 4.72. The molecule has 2 heterocycles. The Hall–Kier alpha value is -0.780. The van der Waals surface area contributed by atoms with E-state index in [0.29, 0.717) is 0 Å². The van der Waals surface area contributed by atoms with Gasteiger partial charge < -0.3 is 0 Å². The Labute approximate surface area is 126 Å². The Morgan fingerprint density at radius 2 is 1.94 bits per heavy atom. The van der Waals surface area contributed by atoms with Gasteiger partial charge in [0, 0.05) is 4.47 Å². The van der Waals surface area contributed by atoms with Crippen molar-refractivity contribution in [3.8, 4) is 10.6 Å². The molecular weight excluding hydrogens is 376 g/mol. The van der Waals surface area contributed by atoms with Gasteiger partial charge in [0.15, 0.2) is 12.4 Å². The molecule has 18 heavy (non-hydrogen) atoms. The van der Waals surface area contributed by atoms with Gasteiger partial charge in [-0.1, -0.05) is 15.9 Å². The molecule has 0 amide bonds. The molecule has 0 aliphatic carbocycles. The summed E-state index contributed by atoms with van der Waals surface area (Å²) in [5.41, 5.74) is 2.17. The van der Waals surface area contributed by atoms with E-state index in [-0.39, 0.29) is 0 Å². The van der Waals surface area contributed by atoms with Crippen LogP contribution in [0, 0.1) is 0 Å². The van der Waals surface area contributed by atoms with Crippen LogP contribution in [0.2, 0.25) is 0 Å². The first-order valence-electron chi connectivity index (χ1n) is 5.34. The third-order valence-corrected chi connectivity index (χ3v) is 4.55. The minimum Gasteiger partial charge on any atom is -0.236 e. The number of hydrogen-bond acceptors (Lipinski definition) is 2. The Morgan fingerprint density at radius 1 is 1.11 bits per heavy atom. The number of hydrogen-bond donors (Lipinski definition) is 0. The van der Waals surface area contributed by atoms with Gasteiger partial charge in [0.25, 0.3) is 0 Å². The van der Waals surface area contributed by atoms with E-state index in [1.165, 1.54) is 4.70 Å². The molecule has 3 rings (SSSR count). The first-order chi connectivity index (χ1) is 8.61. The van der Waals surface area contributed by atoms with E-state index in [4.69, 9.17) is 0 Å². The van der Waals surface area contributed by atoms with Gasteiger partial charge in [-0.05, 0) is 40.2 Å². The molecule has 0 fully saturated rings. The molecule has 0 bridgehead atoms. The van der Waals surface area contributed by atoms with Crippen LogP contribution in [0.1, 0.15) is 0 Å². The summed E-state index contributed by atoms with van der Waals surface area (Å²) >= 11 is 8.71. The van der Waals surface area contributed by atoms with Crippen molar-refractivity contribution in [3.63, 3.8) is 0 Å². The van der Waals surface area contributed by atoms with Crippen molar-refractivity contribution < 1.29 is 4.57 Å². The lowest BCUT2D eigenvalue weighted by molar-refractivity contribution is -0.671. The van der Waals surface area contributed by atoms with Crippen LogP contribution in [-0.2, 0) is 7.05 Å². The van der Waals surface area contributed by atoms with Crippen molar-refractivity contribution >= 4 is 53.4 Å². The van der Waals surface area contributed by atoms with Gasteiger partial charge in [0.1, 0.15) is 12.1 Å². The molecule has 0 N–H and O–H groups in total. The number of fused-ring (bicyclic) bond motifs is 1. The van der Waals surface area contributed by atoms with Crippen LogP contribution in [0.15, 0.2) is 45.6 Å². The largest absolute Gasteiger partial charge is 0.236 e. The quantitative estimate of drug-likeness (QED) is 0.571. The maximum atomic E-state index is 4.67. The summed E-state index contributed by atoms with van der Waals surface area (Å²) in [4.78, 5) is 4.67. The van der Waals surface area contributed by atoms with E-state index in [2.05, 4.69) is 55.2 Å². The maximum Gasteiger partial charge on any atom is 0.182 e. The first-order valence-corrected chi connectivity index (χ1v) is 7.74. The van der Waals surface area contributed by atoms with E-state index >= 15 is 0 Å². The molecule has 2 nitrogen and oxygen atoms in total. The lowest BCUT2D eigenvalue weighted by Gasteiger charge is -1.95. The monoisotopic (exact) mass is 383 g/mol. The highest BCUT2D eigenvalue weighted by molar-refractivity contribution is 9.10. The van der Waals surface area contributed by atoms with Crippen LogP contribution in [0.5, 0.6) is 0 Å². The zero-order valence-corrected chi connectivity index (χ0v) is 13.5. The summed E-state index contributed by atoms with van der Waals surface area (Å²) in [5.74, 6) is 0. The number of halogens is 2. The van der Waals surface area contributed by atoms with Gasteiger partial charge in [-0.15, -0.1) is 11.3 Å². The maximum absolute atomic E-state index is 4.67. The van der Waals surface area contributed by atoms with Crippen LogP contribution in [-0.4, -0.2) is 4.98 Å². The topological polar surface area (TPSA) is 16.8 Å². The van der Waals surface area contributed by atoms with Crippen LogP contribution >= 0.6 is 43.2 Å². The molecule has 0 saturated heterocycles. The summed E-state index contributed by atoms with van der Waals surface area (Å²) < 4.78 is 5.37. The van der Waals surface area contributed by atoms with Gasteiger partial charge in [-0.25, -0.2) is 9.55 Å². The molecule has 2 aromatic heterocycles. The molecule has 0 unspecified atom stereocenters. The first kappa shape index (κ1) is 12.3. The lowest BCUT2D eigenvalue weighted by atomic mass is 10.3. The minimum atomic E-state index is 1.04. The lowest BCUT2D eigenvalue weighted by Crippen LogP contribution is -2.26. The third-order valence-electron chi connectivity index (χ3n) is 2.56. The Bertz CT molecular complexity index is 717. The Balaban J connectivity index is 2.19. The molecule has 1 aromatic carbocycles. The van der Waals surface area contributed by atoms with Gasteiger partial charge in [0.05, 0.1) is 20.3 Å². The fraction of sp³-hybridized carbons (Fsp3) is 0.0769. The second-order valence-corrected chi connectivity index (χ2v) is 6.90. The summed E-state index contributed by atoms with van der Waals surface area (Å²) in [7, 11) is 2.01. The van der Waals surface area contributed by atoms with Crippen LogP contribution in [0.3, 0.4) is 0 Å². The van der Waals surface area contributed by atoms with E-state index < -0.39 is 0 Å². The van der Waals surface area contributed by atoms with Gasteiger partial charge >= 0.3 is 0 Å². The number of benzene rings is 1. The minimum absolute atomic E-state index is 1.04. The third kappa shape index (κ3) is 2.35. The zero-order chi connectivity index (χ0) is 12.7. The van der Waals surface area contributed by atoms with E-state index in [9.17, 15) is 0 Å². The summed E-state index contributed by atoms with van der Waals surface area (Å²) in [6, 6.07) is 8.26. The molecule has 5 heteroatoms.